The molecule has 0 saturated heterocycles. The molecule has 0 radical (unpaired) electrons. The van der Waals surface area contributed by atoms with Crippen molar-refractivity contribution < 1.29 is 19.1 Å². The van der Waals surface area contributed by atoms with E-state index in [0.29, 0.717) is 30.3 Å². The van der Waals surface area contributed by atoms with Crippen LogP contribution in [-0.4, -0.2) is 11.9 Å². The van der Waals surface area contributed by atoms with E-state index >= 15 is 0 Å². The zero-order chi connectivity index (χ0) is 18.7. The van der Waals surface area contributed by atoms with E-state index < -0.39 is 0 Å². The Morgan fingerprint density at radius 1 is 0.840 bits per heavy atom. The Balaban J connectivity index is 2.81. The molecule has 0 fully saturated rings. The molecule has 0 heterocycles. The van der Waals surface area contributed by atoms with Crippen LogP contribution in [0, 0.1) is 0 Å². The van der Waals surface area contributed by atoms with Gasteiger partial charge in [0.15, 0.2) is 11.5 Å². The number of hydrogen-bond donors (Lipinski definition) is 0. The Labute approximate surface area is 151 Å². The first-order valence-electron chi connectivity index (χ1n) is 9.53. The second-order valence-corrected chi connectivity index (χ2v) is 6.72. The summed E-state index contributed by atoms with van der Waals surface area (Å²) in [5.41, 5.74) is 1.04. The minimum absolute atomic E-state index is 0.280. The zero-order valence-electron chi connectivity index (χ0n) is 16.1. The van der Waals surface area contributed by atoms with E-state index in [1.165, 1.54) is 0 Å². The Morgan fingerprint density at radius 3 is 1.84 bits per heavy atom. The highest BCUT2D eigenvalue weighted by atomic mass is 16.6. The van der Waals surface area contributed by atoms with Gasteiger partial charge in [-0.1, -0.05) is 59.4 Å². The fourth-order valence-electron chi connectivity index (χ4n) is 2.43. The summed E-state index contributed by atoms with van der Waals surface area (Å²) in [6.45, 7) is 8.32. The smallest absolute Gasteiger partial charge is 0.311 e. The SMILES string of the molecule is CCCCCC(=O)Oc1ccc(C(C)C)cc1OC(=O)CCCCC. The standard InChI is InChI=1S/C21H32O4/c1-5-7-9-11-20(22)24-18-14-13-17(16(3)4)15-19(18)25-21(23)12-10-8-6-2/h13-16H,5-12H2,1-4H3. The van der Waals surface area contributed by atoms with Crippen molar-refractivity contribution in [3.05, 3.63) is 23.8 Å². The number of carbonyl (C=O) groups excluding carboxylic acids is 2. The van der Waals surface area contributed by atoms with Gasteiger partial charge in [-0.15, -0.1) is 0 Å². The van der Waals surface area contributed by atoms with Crippen molar-refractivity contribution in [1.29, 1.82) is 0 Å². The first-order chi connectivity index (χ1) is 12.0. The first-order valence-corrected chi connectivity index (χ1v) is 9.53. The van der Waals surface area contributed by atoms with Gasteiger partial charge in [-0.05, 0) is 36.5 Å². The first kappa shape index (κ1) is 21.2. The zero-order valence-corrected chi connectivity index (χ0v) is 16.1. The number of ether oxygens (including phenoxy) is 2. The van der Waals surface area contributed by atoms with Crippen LogP contribution >= 0.6 is 0 Å². The fourth-order valence-corrected chi connectivity index (χ4v) is 2.43. The van der Waals surface area contributed by atoms with Gasteiger partial charge in [0.2, 0.25) is 0 Å². The molecule has 0 saturated carbocycles. The van der Waals surface area contributed by atoms with Crippen molar-refractivity contribution in [1.82, 2.24) is 0 Å². The van der Waals surface area contributed by atoms with Gasteiger partial charge in [-0.25, -0.2) is 0 Å². The van der Waals surface area contributed by atoms with E-state index in [2.05, 4.69) is 27.7 Å². The predicted octanol–water partition coefficient (Wildman–Crippen LogP) is 5.78. The van der Waals surface area contributed by atoms with E-state index in [-0.39, 0.29) is 11.9 Å². The van der Waals surface area contributed by atoms with E-state index in [0.717, 1.165) is 44.1 Å². The van der Waals surface area contributed by atoms with Crippen molar-refractivity contribution in [3.8, 4) is 11.5 Å². The van der Waals surface area contributed by atoms with Gasteiger partial charge in [-0.2, -0.15) is 0 Å². The van der Waals surface area contributed by atoms with Crippen molar-refractivity contribution in [2.75, 3.05) is 0 Å². The largest absolute Gasteiger partial charge is 0.423 e. The molecule has 4 nitrogen and oxygen atoms in total. The molecule has 0 unspecified atom stereocenters. The minimum atomic E-state index is -0.283. The summed E-state index contributed by atoms with van der Waals surface area (Å²) >= 11 is 0. The lowest BCUT2D eigenvalue weighted by Gasteiger charge is -2.14. The monoisotopic (exact) mass is 348 g/mol. The molecule has 0 aliphatic carbocycles. The summed E-state index contributed by atoms with van der Waals surface area (Å²) in [5, 5.41) is 0. The lowest BCUT2D eigenvalue weighted by molar-refractivity contribution is -0.137. The fraction of sp³-hybridized carbons (Fsp3) is 0.619. The normalized spacial score (nSPS) is 10.8. The van der Waals surface area contributed by atoms with Crippen molar-refractivity contribution in [2.45, 2.75) is 85.0 Å². The predicted molar refractivity (Wildman–Crippen MR) is 100 cm³/mol. The number of hydrogen-bond acceptors (Lipinski definition) is 4. The second kappa shape index (κ2) is 11.7. The van der Waals surface area contributed by atoms with Crippen molar-refractivity contribution in [3.63, 3.8) is 0 Å². The molecule has 0 amide bonds. The maximum Gasteiger partial charge on any atom is 0.311 e. The average molecular weight is 348 g/mol. The Hall–Kier alpha value is -1.84. The Morgan fingerprint density at radius 2 is 1.36 bits per heavy atom. The molecule has 0 aromatic heterocycles. The maximum atomic E-state index is 12.1. The highest BCUT2D eigenvalue weighted by Gasteiger charge is 2.15. The lowest BCUT2D eigenvalue weighted by atomic mass is 10.0. The number of esters is 2. The maximum absolute atomic E-state index is 12.1. The van der Waals surface area contributed by atoms with Crippen LogP contribution in [0.4, 0.5) is 0 Å². The van der Waals surface area contributed by atoms with Gasteiger partial charge in [0, 0.05) is 12.8 Å². The third-order valence-corrected chi connectivity index (χ3v) is 4.05. The minimum Gasteiger partial charge on any atom is -0.423 e. The molecule has 0 aliphatic heterocycles. The van der Waals surface area contributed by atoms with Crippen LogP contribution in [0.3, 0.4) is 0 Å². The van der Waals surface area contributed by atoms with Crippen molar-refractivity contribution >= 4 is 11.9 Å². The summed E-state index contributed by atoms with van der Waals surface area (Å²) in [4.78, 5) is 24.0. The third-order valence-electron chi connectivity index (χ3n) is 4.05. The van der Waals surface area contributed by atoms with E-state index in [1.54, 1.807) is 12.1 Å². The van der Waals surface area contributed by atoms with Crippen LogP contribution in [0.5, 0.6) is 11.5 Å². The molecular weight excluding hydrogens is 316 g/mol. The molecule has 0 atom stereocenters. The third kappa shape index (κ3) is 8.19. The Kier molecular flexibility index (Phi) is 9.90. The molecule has 0 bridgehead atoms. The quantitative estimate of drug-likeness (QED) is 0.289. The van der Waals surface area contributed by atoms with Gasteiger partial charge in [-0.3, -0.25) is 9.59 Å². The van der Waals surface area contributed by atoms with Crippen LogP contribution in [0.15, 0.2) is 18.2 Å². The molecule has 0 N–H and O–H groups in total. The summed E-state index contributed by atoms with van der Waals surface area (Å²) < 4.78 is 10.9. The van der Waals surface area contributed by atoms with Crippen LogP contribution in [0.2, 0.25) is 0 Å². The highest BCUT2D eigenvalue weighted by molar-refractivity contribution is 5.76. The number of carbonyl (C=O) groups is 2. The summed E-state index contributed by atoms with van der Waals surface area (Å²) in [7, 11) is 0. The molecule has 0 spiro atoms. The molecule has 1 aromatic carbocycles. The van der Waals surface area contributed by atoms with Gasteiger partial charge in [0.1, 0.15) is 0 Å². The molecule has 25 heavy (non-hydrogen) atoms. The van der Waals surface area contributed by atoms with E-state index in [9.17, 15) is 9.59 Å². The molecule has 140 valence electrons. The van der Waals surface area contributed by atoms with E-state index in [1.807, 2.05) is 6.07 Å². The Bertz CT molecular complexity index is 549. The van der Waals surface area contributed by atoms with E-state index in [4.69, 9.17) is 9.47 Å². The van der Waals surface area contributed by atoms with Crippen LogP contribution in [0.1, 0.15) is 90.5 Å². The van der Waals surface area contributed by atoms with Gasteiger partial charge in [0.25, 0.3) is 0 Å². The van der Waals surface area contributed by atoms with Crippen LogP contribution in [0.25, 0.3) is 0 Å². The topological polar surface area (TPSA) is 52.6 Å². The van der Waals surface area contributed by atoms with Gasteiger partial charge < -0.3 is 9.47 Å². The summed E-state index contributed by atoms with van der Waals surface area (Å²) in [6, 6.07) is 5.44. The molecular formula is C21H32O4. The summed E-state index contributed by atoms with van der Waals surface area (Å²) in [5.74, 6) is 0.407. The lowest BCUT2D eigenvalue weighted by Crippen LogP contribution is -2.12. The van der Waals surface area contributed by atoms with Gasteiger partial charge >= 0.3 is 11.9 Å². The average Bonchev–Trinajstić information content (AvgIpc) is 2.56. The van der Waals surface area contributed by atoms with Crippen LogP contribution in [-0.2, 0) is 9.59 Å². The number of rotatable bonds is 11. The molecule has 4 heteroatoms. The number of benzene rings is 1. The molecule has 1 rings (SSSR count). The van der Waals surface area contributed by atoms with Crippen LogP contribution < -0.4 is 9.47 Å². The van der Waals surface area contributed by atoms with Crippen molar-refractivity contribution in [2.24, 2.45) is 0 Å². The molecule has 0 aliphatic rings. The molecule has 1 aromatic rings. The second-order valence-electron chi connectivity index (χ2n) is 6.72. The number of unbranched alkanes of at least 4 members (excludes halogenated alkanes) is 4. The highest BCUT2D eigenvalue weighted by Crippen LogP contribution is 2.32. The summed E-state index contributed by atoms with van der Waals surface area (Å²) in [6.07, 6.45) is 6.49. The van der Waals surface area contributed by atoms with Gasteiger partial charge in [0.05, 0.1) is 0 Å².